The van der Waals surface area contributed by atoms with Gasteiger partial charge in [-0.25, -0.2) is 4.98 Å². The van der Waals surface area contributed by atoms with Crippen LogP contribution in [0, 0.1) is 13.8 Å². The second kappa shape index (κ2) is 5.40. The van der Waals surface area contributed by atoms with Gasteiger partial charge in [0.05, 0.1) is 11.3 Å². The first-order chi connectivity index (χ1) is 10.1. The van der Waals surface area contributed by atoms with E-state index in [0.29, 0.717) is 17.8 Å². The van der Waals surface area contributed by atoms with Crippen molar-refractivity contribution in [3.05, 3.63) is 71.2 Å². The number of benzene rings is 1. The van der Waals surface area contributed by atoms with E-state index in [9.17, 15) is 4.79 Å². The summed E-state index contributed by atoms with van der Waals surface area (Å²) in [4.78, 5) is 16.8. The monoisotopic (exact) mass is 279 g/mol. The van der Waals surface area contributed by atoms with E-state index in [1.807, 2.05) is 61.0 Å². The lowest BCUT2D eigenvalue weighted by Gasteiger charge is -2.08. The van der Waals surface area contributed by atoms with Crippen LogP contribution in [0.4, 0.5) is 0 Å². The van der Waals surface area contributed by atoms with Gasteiger partial charge in [-0.15, -0.1) is 0 Å². The molecule has 0 aliphatic heterocycles. The summed E-state index contributed by atoms with van der Waals surface area (Å²) in [5.41, 5.74) is 4.48. The molecule has 0 unspecified atom stereocenters. The van der Waals surface area contributed by atoms with E-state index in [4.69, 9.17) is 0 Å². The quantitative estimate of drug-likeness (QED) is 0.801. The highest BCUT2D eigenvalue weighted by molar-refractivity contribution is 5.99. The van der Waals surface area contributed by atoms with Crippen LogP contribution in [-0.2, 0) is 6.54 Å². The first-order valence-electron chi connectivity index (χ1n) is 6.92. The maximum atomic E-state index is 12.4. The van der Waals surface area contributed by atoms with E-state index in [1.54, 1.807) is 6.07 Å². The summed E-state index contributed by atoms with van der Waals surface area (Å²) in [6, 6.07) is 11.7. The van der Waals surface area contributed by atoms with E-state index < -0.39 is 0 Å². The van der Waals surface area contributed by atoms with Crippen molar-refractivity contribution in [3.8, 4) is 0 Å². The van der Waals surface area contributed by atoms with Crippen molar-refractivity contribution >= 4 is 11.6 Å². The van der Waals surface area contributed by atoms with Gasteiger partial charge in [-0.05, 0) is 37.1 Å². The average Bonchev–Trinajstić information content (AvgIpc) is 2.86. The number of carbonyl (C=O) groups is 1. The highest BCUT2D eigenvalue weighted by atomic mass is 16.1. The molecule has 0 bridgehead atoms. The first kappa shape index (κ1) is 13.4. The highest BCUT2D eigenvalue weighted by Crippen LogP contribution is 2.12. The minimum atomic E-state index is -0.102. The van der Waals surface area contributed by atoms with Crippen LogP contribution in [-0.4, -0.2) is 15.3 Å². The van der Waals surface area contributed by atoms with Gasteiger partial charge in [-0.2, -0.15) is 0 Å². The lowest BCUT2D eigenvalue weighted by atomic mass is 10.1. The number of aryl methyl sites for hydroxylation is 2. The van der Waals surface area contributed by atoms with Crippen molar-refractivity contribution in [3.63, 3.8) is 0 Å². The standard InChI is InChI=1S/C17H17N3O/c1-12-6-3-4-7-14(12)10-18-17(21)15-8-5-9-20-11-13(2)19-16(15)20/h3-9,11H,10H2,1-2H3,(H,18,21). The molecule has 1 amide bonds. The fraction of sp³-hybridized carbons (Fsp3) is 0.176. The van der Waals surface area contributed by atoms with Crippen LogP contribution in [0.2, 0.25) is 0 Å². The van der Waals surface area contributed by atoms with Gasteiger partial charge in [-0.3, -0.25) is 4.79 Å². The number of hydrogen-bond donors (Lipinski definition) is 1. The Morgan fingerprint density at radius 1 is 1.19 bits per heavy atom. The third-order valence-corrected chi connectivity index (χ3v) is 3.55. The molecule has 0 aliphatic carbocycles. The van der Waals surface area contributed by atoms with E-state index in [-0.39, 0.29) is 5.91 Å². The van der Waals surface area contributed by atoms with Crippen LogP contribution in [0.3, 0.4) is 0 Å². The molecule has 4 nitrogen and oxygen atoms in total. The summed E-state index contributed by atoms with van der Waals surface area (Å²) in [5, 5.41) is 2.97. The molecule has 106 valence electrons. The van der Waals surface area contributed by atoms with Crippen LogP contribution < -0.4 is 5.32 Å². The molecule has 0 radical (unpaired) electrons. The van der Waals surface area contributed by atoms with Crippen LogP contribution in [0.1, 0.15) is 27.2 Å². The maximum Gasteiger partial charge on any atom is 0.255 e. The zero-order chi connectivity index (χ0) is 14.8. The molecule has 0 spiro atoms. The van der Waals surface area contributed by atoms with Crippen LogP contribution in [0.15, 0.2) is 48.8 Å². The molecule has 2 heterocycles. The number of fused-ring (bicyclic) bond motifs is 1. The molecule has 1 N–H and O–H groups in total. The van der Waals surface area contributed by atoms with Crippen molar-refractivity contribution in [2.24, 2.45) is 0 Å². The molecule has 0 fully saturated rings. The Balaban J connectivity index is 1.83. The number of carbonyl (C=O) groups excluding carboxylic acids is 1. The Morgan fingerprint density at radius 3 is 2.81 bits per heavy atom. The average molecular weight is 279 g/mol. The number of rotatable bonds is 3. The van der Waals surface area contributed by atoms with Gasteiger partial charge < -0.3 is 9.72 Å². The zero-order valence-electron chi connectivity index (χ0n) is 12.1. The number of nitrogens with zero attached hydrogens (tertiary/aromatic N) is 2. The molecule has 0 aliphatic rings. The summed E-state index contributed by atoms with van der Waals surface area (Å²) in [7, 11) is 0. The van der Waals surface area contributed by atoms with Gasteiger partial charge in [0, 0.05) is 18.9 Å². The fourth-order valence-corrected chi connectivity index (χ4v) is 2.39. The van der Waals surface area contributed by atoms with Gasteiger partial charge in [0.25, 0.3) is 5.91 Å². The lowest BCUT2D eigenvalue weighted by molar-refractivity contribution is 0.0952. The summed E-state index contributed by atoms with van der Waals surface area (Å²) in [5.74, 6) is -0.102. The predicted molar refractivity (Wildman–Crippen MR) is 82.3 cm³/mol. The normalized spacial score (nSPS) is 10.8. The molecule has 2 aromatic heterocycles. The molecule has 3 aromatic rings. The van der Waals surface area contributed by atoms with Gasteiger partial charge in [0.1, 0.15) is 5.65 Å². The Morgan fingerprint density at radius 2 is 2.00 bits per heavy atom. The van der Waals surface area contributed by atoms with Crippen LogP contribution >= 0.6 is 0 Å². The zero-order valence-corrected chi connectivity index (χ0v) is 12.1. The van der Waals surface area contributed by atoms with Crippen molar-refractivity contribution in [2.75, 3.05) is 0 Å². The Bertz CT molecular complexity index is 805. The number of nitrogens with one attached hydrogen (secondary N) is 1. The Hall–Kier alpha value is -2.62. The van der Waals surface area contributed by atoms with Crippen LogP contribution in [0.5, 0.6) is 0 Å². The van der Waals surface area contributed by atoms with Gasteiger partial charge in [0.15, 0.2) is 0 Å². The molecule has 21 heavy (non-hydrogen) atoms. The van der Waals surface area contributed by atoms with Crippen molar-refractivity contribution in [1.82, 2.24) is 14.7 Å². The third kappa shape index (κ3) is 2.65. The van der Waals surface area contributed by atoms with E-state index in [2.05, 4.69) is 10.3 Å². The topological polar surface area (TPSA) is 46.4 Å². The molecule has 4 heteroatoms. The Labute approximate surface area is 123 Å². The Kier molecular flexibility index (Phi) is 3.44. The molecule has 1 aromatic carbocycles. The molecule has 0 saturated heterocycles. The number of amides is 1. The second-order valence-electron chi connectivity index (χ2n) is 5.14. The number of imidazole rings is 1. The number of aromatic nitrogens is 2. The minimum absolute atomic E-state index is 0.102. The summed E-state index contributed by atoms with van der Waals surface area (Å²) in [6.45, 7) is 4.48. The minimum Gasteiger partial charge on any atom is -0.348 e. The molecule has 3 rings (SSSR count). The molecule has 0 saturated carbocycles. The highest BCUT2D eigenvalue weighted by Gasteiger charge is 2.12. The molecule has 0 atom stereocenters. The number of pyridine rings is 1. The SMILES string of the molecule is Cc1cn2cccc(C(=O)NCc3ccccc3C)c2n1. The molecular weight excluding hydrogens is 262 g/mol. The lowest BCUT2D eigenvalue weighted by Crippen LogP contribution is -2.23. The van der Waals surface area contributed by atoms with E-state index >= 15 is 0 Å². The van der Waals surface area contributed by atoms with E-state index in [0.717, 1.165) is 11.3 Å². The molecular formula is C17H17N3O. The maximum absolute atomic E-state index is 12.4. The van der Waals surface area contributed by atoms with Crippen molar-refractivity contribution in [2.45, 2.75) is 20.4 Å². The second-order valence-corrected chi connectivity index (χ2v) is 5.14. The predicted octanol–water partition coefficient (Wildman–Crippen LogP) is 2.88. The van der Waals surface area contributed by atoms with E-state index in [1.165, 1.54) is 5.56 Å². The summed E-state index contributed by atoms with van der Waals surface area (Å²) < 4.78 is 1.87. The van der Waals surface area contributed by atoms with Gasteiger partial charge >= 0.3 is 0 Å². The smallest absolute Gasteiger partial charge is 0.255 e. The summed E-state index contributed by atoms with van der Waals surface area (Å²) >= 11 is 0. The third-order valence-electron chi connectivity index (χ3n) is 3.55. The first-order valence-corrected chi connectivity index (χ1v) is 6.92. The fourth-order valence-electron chi connectivity index (χ4n) is 2.39. The number of hydrogen-bond acceptors (Lipinski definition) is 2. The van der Waals surface area contributed by atoms with Crippen molar-refractivity contribution < 1.29 is 4.79 Å². The van der Waals surface area contributed by atoms with Crippen molar-refractivity contribution in [1.29, 1.82) is 0 Å². The van der Waals surface area contributed by atoms with Crippen LogP contribution in [0.25, 0.3) is 5.65 Å². The largest absolute Gasteiger partial charge is 0.348 e. The summed E-state index contributed by atoms with van der Waals surface area (Å²) in [6.07, 6.45) is 3.81. The van der Waals surface area contributed by atoms with Gasteiger partial charge in [-0.1, -0.05) is 24.3 Å². The van der Waals surface area contributed by atoms with Gasteiger partial charge in [0.2, 0.25) is 0 Å².